The van der Waals surface area contributed by atoms with E-state index in [1.165, 1.54) is 6.92 Å². The van der Waals surface area contributed by atoms with Crippen LogP contribution in [-0.4, -0.2) is 34.3 Å². The summed E-state index contributed by atoms with van der Waals surface area (Å²) in [5.41, 5.74) is 4.04. The van der Waals surface area contributed by atoms with Gasteiger partial charge >= 0.3 is 0 Å². The highest BCUT2D eigenvalue weighted by Crippen LogP contribution is 2.51. The van der Waals surface area contributed by atoms with Crippen LogP contribution in [0.15, 0.2) is 18.2 Å². The lowest BCUT2D eigenvalue weighted by molar-refractivity contribution is -0.119. The lowest BCUT2D eigenvalue weighted by atomic mass is 9.93. The van der Waals surface area contributed by atoms with Crippen molar-refractivity contribution in [1.29, 1.82) is 0 Å². The topological polar surface area (TPSA) is 66.0 Å². The summed E-state index contributed by atoms with van der Waals surface area (Å²) in [6, 6.07) is 5.94. The first-order chi connectivity index (χ1) is 13.4. The summed E-state index contributed by atoms with van der Waals surface area (Å²) in [6.45, 7) is 1.54. The Kier molecular flexibility index (Phi) is 6.22. The number of nitrogens with one attached hydrogen (secondary N) is 1. The summed E-state index contributed by atoms with van der Waals surface area (Å²) < 4.78 is 23.4. The second kappa shape index (κ2) is 8.46. The van der Waals surface area contributed by atoms with Crippen molar-refractivity contribution < 1.29 is 23.7 Å². The number of benzene rings is 2. The number of fused-ring (bicyclic) bond motifs is 3. The SMILES string of the molecule is COc1cc2c(cc1I)-c1c(cc(OC)c(OC)c1OC)CCC2NC(C)=O. The van der Waals surface area contributed by atoms with Crippen molar-refractivity contribution in [2.24, 2.45) is 0 Å². The Hall–Kier alpha value is -2.16. The van der Waals surface area contributed by atoms with E-state index in [4.69, 9.17) is 18.9 Å². The normalized spacial score (nSPS) is 15.0. The van der Waals surface area contributed by atoms with Crippen molar-refractivity contribution in [2.75, 3.05) is 28.4 Å². The van der Waals surface area contributed by atoms with Gasteiger partial charge in [0.2, 0.25) is 11.7 Å². The molecule has 0 radical (unpaired) electrons. The molecule has 1 N–H and O–H groups in total. The predicted molar refractivity (Wildman–Crippen MR) is 116 cm³/mol. The highest BCUT2D eigenvalue weighted by atomic mass is 127. The Morgan fingerprint density at radius 1 is 1.00 bits per heavy atom. The first-order valence-corrected chi connectivity index (χ1v) is 9.99. The number of carbonyl (C=O) groups excluding carboxylic acids is 1. The number of aryl methyl sites for hydroxylation is 1. The molecule has 0 saturated carbocycles. The van der Waals surface area contributed by atoms with E-state index in [9.17, 15) is 4.79 Å². The molecule has 0 bridgehead atoms. The van der Waals surface area contributed by atoms with E-state index in [0.29, 0.717) is 17.2 Å². The molecule has 0 aromatic heterocycles. The molecule has 1 aliphatic rings. The summed E-state index contributed by atoms with van der Waals surface area (Å²) in [5, 5.41) is 3.08. The van der Waals surface area contributed by atoms with Crippen LogP contribution in [-0.2, 0) is 11.2 Å². The molecule has 28 heavy (non-hydrogen) atoms. The molecule has 1 amide bonds. The van der Waals surface area contributed by atoms with Gasteiger partial charge in [-0.15, -0.1) is 0 Å². The zero-order valence-corrected chi connectivity index (χ0v) is 18.8. The van der Waals surface area contributed by atoms with Crippen LogP contribution in [0.3, 0.4) is 0 Å². The minimum atomic E-state index is -0.132. The van der Waals surface area contributed by atoms with Gasteiger partial charge in [0.25, 0.3) is 0 Å². The van der Waals surface area contributed by atoms with Crippen LogP contribution in [0.25, 0.3) is 11.1 Å². The third-order valence-corrected chi connectivity index (χ3v) is 5.80. The van der Waals surface area contributed by atoms with Crippen LogP contribution >= 0.6 is 22.6 Å². The van der Waals surface area contributed by atoms with E-state index in [0.717, 1.165) is 44.4 Å². The zero-order valence-electron chi connectivity index (χ0n) is 16.6. The third kappa shape index (κ3) is 3.59. The second-order valence-electron chi connectivity index (χ2n) is 6.55. The van der Waals surface area contributed by atoms with Gasteiger partial charge in [-0.3, -0.25) is 4.79 Å². The van der Waals surface area contributed by atoms with Gasteiger partial charge in [0.15, 0.2) is 11.5 Å². The number of carbonyl (C=O) groups is 1. The molecule has 1 aliphatic carbocycles. The number of amides is 1. The molecular weight excluding hydrogens is 473 g/mol. The van der Waals surface area contributed by atoms with Crippen molar-refractivity contribution >= 4 is 28.5 Å². The minimum absolute atomic E-state index is 0.0680. The molecular formula is C21H24INO5. The van der Waals surface area contributed by atoms with Gasteiger partial charge in [0.1, 0.15) is 5.75 Å². The molecule has 1 atom stereocenters. The van der Waals surface area contributed by atoms with Crippen LogP contribution in [0.5, 0.6) is 23.0 Å². The fourth-order valence-corrected chi connectivity index (χ4v) is 4.47. The van der Waals surface area contributed by atoms with E-state index in [1.807, 2.05) is 12.1 Å². The molecule has 0 spiro atoms. The molecule has 7 heteroatoms. The number of hydrogen-bond acceptors (Lipinski definition) is 5. The summed E-state index contributed by atoms with van der Waals surface area (Å²) in [5.74, 6) is 2.51. The minimum Gasteiger partial charge on any atom is -0.496 e. The van der Waals surface area contributed by atoms with Gasteiger partial charge in [0, 0.05) is 12.5 Å². The number of ether oxygens (including phenoxy) is 4. The van der Waals surface area contributed by atoms with E-state index in [2.05, 4.69) is 34.0 Å². The van der Waals surface area contributed by atoms with E-state index < -0.39 is 0 Å². The van der Waals surface area contributed by atoms with Gasteiger partial charge < -0.3 is 24.3 Å². The number of hydrogen-bond donors (Lipinski definition) is 1. The van der Waals surface area contributed by atoms with Crippen molar-refractivity contribution in [3.63, 3.8) is 0 Å². The maximum atomic E-state index is 11.8. The second-order valence-corrected chi connectivity index (χ2v) is 7.71. The largest absolute Gasteiger partial charge is 0.496 e. The lowest BCUT2D eigenvalue weighted by Crippen LogP contribution is -2.26. The first kappa shape index (κ1) is 20.6. The van der Waals surface area contributed by atoms with Crippen molar-refractivity contribution in [2.45, 2.75) is 25.8 Å². The van der Waals surface area contributed by atoms with Crippen LogP contribution in [0.1, 0.15) is 30.5 Å². The van der Waals surface area contributed by atoms with E-state index >= 15 is 0 Å². The Labute approximate surface area is 178 Å². The van der Waals surface area contributed by atoms with E-state index in [-0.39, 0.29) is 11.9 Å². The number of methoxy groups -OCH3 is 4. The smallest absolute Gasteiger partial charge is 0.217 e. The number of rotatable bonds is 5. The molecule has 1 unspecified atom stereocenters. The molecule has 0 fully saturated rings. The first-order valence-electron chi connectivity index (χ1n) is 8.91. The maximum Gasteiger partial charge on any atom is 0.217 e. The predicted octanol–water partition coefficient (Wildman–Crippen LogP) is 4.12. The van der Waals surface area contributed by atoms with Crippen LogP contribution in [0.2, 0.25) is 0 Å². The maximum absolute atomic E-state index is 11.8. The van der Waals surface area contributed by atoms with Crippen LogP contribution in [0, 0.1) is 3.57 Å². The molecule has 6 nitrogen and oxygen atoms in total. The highest BCUT2D eigenvalue weighted by molar-refractivity contribution is 14.1. The average Bonchev–Trinajstić information content (AvgIpc) is 2.82. The Balaban J connectivity index is 2.36. The molecule has 3 rings (SSSR count). The Morgan fingerprint density at radius 3 is 2.25 bits per heavy atom. The number of halogens is 1. The summed E-state index contributed by atoms with van der Waals surface area (Å²) in [4.78, 5) is 11.8. The van der Waals surface area contributed by atoms with Crippen LogP contribution in [0.4, 0.5) is 0 Å². The molecule has 2 aromatic rings. The standard InChI is InChI=1S/C21H24INO5/c1-11(24)23-16-7-6-12-8-18(26-3)20(27-4)21(28-5)19(12)14-9-15(22)17(25-2)10-13(14)16/h8-10,16H,6-7H2,1-5H3,(H,23,24). The summed E-state index contributed by atoms with van der Waals surface area (Å²) >= 11 is 2.26. The van der Waals surface area contributed by atoms with E-state index in [1.54, 1.807) is 28.4 Å². The van der Waals surface area contributed by atoms with Crippen molar-refractivity contribution in [3.05, 3.63) is 32.9 Å². The monoisotopic (exact) mass is 497 g/mol. The summed E-state index contributed by atoms with van der Waals surface area (Å²) in [7, 11) is 6.49. The van der Waals surface area contributed by atoms with Gasteiger partial charge in [-0.1, -0.05) is 0 Å². The molecule has 0 heterocycles. The molecule has 2 aromatic carbocycles. The molecule has 0 saturated heterocycles. The van der Waals surface area contributed by atoms with Gasteiger partial charge in [-0.05, 0) is 70.3 Å². The average molecular weight is 497 g/mol. The lowest BCUT2D eigenvalue weighted by Gasteiger charge is -2.22. The quantitative estimate of drug-likeness (QED) is 0.630. The molecule has 150 valence electrons. The third-order valence-electron chi connectivity index (χ3n) is 4.96. The van der Waals surface area contributed by atoms with Crippen LogP contribution < -0.4 is 24.3 Å². The Bertz CT molecular complexity index is 912. The fourth-order valence-electron chi connectivity index (χ4n) is 3.78. The zero-order chi connectivity index (χ0) is 20.4. The van der Waals surface area contributed by atoms with Gasteiger partial charge in [-0.25, -0.2) is 0 Å². The van der Waals surface area contributed by atoms with Gasteiger partial charge in [-0.2, -0.15) is 0 Å². The van der Waals surface area contributed by atoms with Crippen molar-refractivity contribution in [3.8, 4) is 34.1 Å². The highest BCUT2D eigenvalue weighted by Gasteiger charge is 2.30. The molecule has 0 aliphatic heterocycles. The Morgan fingerprint density at radius 2 is 1.68 bits per heavy atom. The fraction of sp³-hybridized carbons (Fsp3) is 0.381. The summed E-state index contributed by atoms with van der Waals surface area (Å²) in [6.07, 6.45) is 1.51. The van der Waals surface area contributed by atoms with Crippen molar-refractivity contribution in [1.82, 2.24) is 5.32 Å². The van der Waals surface area contributed by atoms with Gasteiger partial charge in [0.05, 0.1) is 38.1 Å².